The van der Waals surface area contributed by atoms with Crippen LogP contribution in [0.25, 0.3) is 0 Å². The first-order valence-electron chi connectivity index (χ1n) is 8.69. The molecular weight excluding hydrogens is 402 g/mol. The van der Waals surface area contributed by atoms with Gasteiger partial charge in [-0.15, -0.1) is 11.3 Å². The van der Waals surface area contributed by atoms with Crippen LogP contribution in [0.4, 0.5) is 16.4 Å². The third kappa shape index (κ3) is 4.09. The highest BCUT2D eigenvalue weighted by molar-refractivity contribution is 7.17. The van der Waals surface area contributed by atoms with E-state index in [4.69, 9.17) is 4.74 Å². The number of esters is 1. The van der Waals surface area contributed by atoms with Crippen molar-refractivity contribution in [2.45, 2.75) is 26.2 Å². The highest BCUT2D eigenvalue weighted by atomic mass is 32.1. The number of non-ortho nitro benzene ring substituents is 2. The lowest BCUT2D eigenvalue weighted by Crippen LogP contribution is -2.16. The van der Waals surface area contributed by atoms with Crippen LogP contribution in [0.5, 0.6) is 0 Å². The predicted octanol–water partition coefficient (Wildman–Crippen LogP) is 3.73. The lowest BCUT2D eigenvalue weighted by Gasteiger charge is -2.18. The Labute approximate surface area is 168 Å². The van der Waals surface area contributed by atoms with Crippen LogP contribution < -0.4 is 5.32 Å². The average Bonchev–Trinajstić information content (AvgIpc) is 3.03. The van der Waals surface area contributed by atoms with E-state index in [9.17, 15) is 29.8 Å². The van der Waals surface area contributed by atoms with E-state index in [1.807, 2.05) is 0 Å². The molecule has 11 heteroatoms. The number of anilines is 1. The number of hydrogen-bond acceptors (Lipinski definition) is 8. The monoisotopic (exact) mass is 419 g/mol. The number of ether oxygens (including phenoxy) is 1. The first kappa shape index (κ1) is 20.4. The Morgan fingerprint density at radius 3 is 2.34 bits per heavy atom. The van der Waals surface area contributed by atoms with Gasteiger partial charge in [-0.25, -0.2) is 4.79 Å². The molecule has 0 aliphatic heterocycles. The van der Waals surface area contributed by atoms with Crippen molar-refractivity contribution < 1.29 is 24.2 Å². The zero-order chi connectivity index (χ0) is 21.3. The fourth-order valence-corrected chi connectivity index (χ4v) is 4.66. The standard InChI is InChI=1S/C18H17N3O7S/c1-9-3-4-13-14(5-9)29-17(15(13)18(23)28-2)19-16(22)10-6-11(20(24)25)8-12(7-10)21(26)27/h6-9H,3-5H2,1-2H3,(H,19,22). The second-order valence-electron chi connectivity index (χ2n) is 6.75. The molecule has 0 spiro atoms. The number of methoxy groups -OCH3 is 1. The molecule has 0 saturated carbocycles. The van der Waals surface area contributed by atoms with Gasteiger partial charge in [-0.2, -0.15) is 0 Å². The second kappa shape index (κ2) is 7.95. The Morgan fingerprint density at radius 1 is 1.17 bits per heavy atom. The number of nitro groups is 2. The summed E-state index contributed by atoms with van der Waals surface area (Å²) in [4.78, 5) is 46.5. The van der Waals surface area contributed by atoms with E-state index >= 15 is 0 Å². The van der Waals surface area contributed by atoms with Gasteiger partial charge in [0.1, 0.15) is 5.00 Å². The fourth-order valence-electron chi connectivity index (χ4n) is 3.27. The quantitative estimate of drug-likeness (QED) is 0.442. The molecule has 1 heterocycles. The minimum absolute atomic E-state index is 0.249. The van der Waals surface area contributed by atoms with Crippen LogP contribution in [0.3, 0.4) is 0 Å². The summed E-state index contributed by atoms with van der Waals surface area (Å²) in [5, 5.41) is 24.9. The van der Waals surface area contributed by atoms with Gasteiger partial charge in [0.25, 0.3) is 17.3 Å². The van der Waals surface area contributed by atoms with Crippen molar-refractivity contribution in [3.63, 3.8) is 0 Å². The minimum Gasteiger partial charge on any atom is -0.465 e. The van der Waals surface area contributed by atoms with Crippen molar-refractivity contribution in [2.24, 2.45) is 5.92 Å². The summed E-state index contributed by atoms with van der Waals surface area (Å²) in [5.74, 6) is -0.930. The maximum absolute atomic E-state index is 12.7. The maximum Gasteiger partial charge on any atom is 0.341 e. The van der Waals surface area contributed by atoms with Crippen LogP contribution in [0, 0.1) is 26.1 Å². The molecule has 1 aliphatic rings. The summed E-state index contributed by atoms with van der Waals surface area (Å²) < 4.78 is 4.85. The van der Waals surface area contributed by atoms with Gasteiger partial charge in [-0.3, -0.25) is 25.0 Å². The average molecular weight is 419 g/mol. The van der Waals surface area contributed by atoms with Gasteiger partial charge in [-0.05, 0) is 30.7 Å². The van der Waals surface area contributed by atoms with Crippen molar-refractivity contribution in [1.82, 2.24) is 0 Å². The number of fused-ring (bicyclic) bond motifs is 1. The lowest BCUT2D eigenvalue weighted by atomic mass is 9.88. The number of nitro benzene ring substituents is 2. The van der Waals surface area contributed by atoms with E-state index in [2.05, 4.69) is 12.2 Å². The molecule has 1 amide bonds. The molecule has 152 valence electrons. The fraction of sp³-hybridized carbons (Fsp3) is 0.333. The smallest absolute Gasteiger partial charge is 0.341 e. The molecule has 1 aromatic carbocycles. The number of benzene rings is 1. The van der Waals surface area contributed by atoms with Crippen molar-refractivity contribution in [3.05, 3.63) is 60.0 Å². The highest BCUT2D eigenvalue weighted by Gasteiger charge is 2.29. The number of thiophene rings is 1. The molecule has 3 rings (SSSR count). The number of carbonyl (C=O) groups is 2. The van der Waals surface area contributed by atoms with Gasteiger partial charge in [0, 0.05) is 17.0 Å². The molecule has 1 aromatic heterocycles. The van der Waals surface area contributed by atoms with E-state index < -0.39 is 33.1 Å². The summed E-state index contributed by atoms with van der Waals surface area (Å²) in [5.41, 5.74) is -0.289. The van der Waals surface area contributed by atoms with Crippen molar-refractivity contribution >= 4 is 39.6 Å². The number of amides is 1. The van der Waals surface area contributed by atoms with E-state index in [1.165, 1.54) is 18.4 Å². The summed E-state index contributed by atoms with van der Waals surface area (Å²) in [6.07, 6.45) is 2.34. The molecule has 1 N–H and O–H groups in total. The van der Waals surface area contributed by atoms with Crippen molar-refractivity contribution in [1.29, 1.82) is 0 Å². The summed E-state index contributed by atoms with van der Waals surface area (Å²) in [6.45, 7) is 2.10. The van der Waals surface area contributed by atoms with E-state index in [0.717, 1.165) is 41.5 Å². The number of carbonyl (C=O) groups excluding carboxylic acids is 2. The van der Waals surface area contributed by atoms with Gasteiger partial charge in [-0.1, -0.05) is 6.92 Å². The number of nitrogens with zero attached hydrogens (tertiary/aromatic N) is 2. The molecule has 10 nitrogen and oxygen atoms in total. The van der Waals surface area contributed by atoms with Crippen LogP contribution in [0.2, 0.25) is 0 Å². The molecule has 0 fully saturated rings. The Hall–Kier alpha value is -3.34. The summed E-state index contributed by atoms with van der Waals surface area (Å²) >= 11 is 1.25. The minimum atomic E-state index is -0.811. The van der Waals surface area contributed by atoms with E-state index in [0.29, 0.717) is 12.3 Å². The molecule has 1 atom stereocenters. The van der Waals surface area contributed by atoms with Crippen LogP contribution in [-0.2, 0) is 17.6 Å². The first-order chi connectivity index (χ1) is 13.7. The van der Waals surface area contributed by atoms with Gasteiger partial charge in [0.15, 0.2) is 0 Å². The van der Waals surface area contributed by atoms with Crippen LogP contribution in [0.15, 0.2) is 18.2 Å². The van der Waals surface area contributed by atoms with E-state index in [1.54, 1.807) is 0 Å². The lowest BCUT2D eigenvalue weighted by molar-refractivity contribution is -0.394. The largest absolute Gasteiger partial charge is 0.465 e. The Morgan fingerprint density at radius 2 is 1.79 bits per heavy atom. The Bertz CT molecular complexity index is 998. The van der Waals surface area contributed by atoms with Crippen LogP contribution in [-0.4, -0.2) is 28.8 Å². The first-order valence-corrected chi connectivity index (χ1v) is 9.51. The molecule has 0 bridgehead atoms. The van der Waals surface area contributed by atoms with Gasteiger partial charge >= 0.3 is 5.97 Å². The third-order valence-corrected chi connectivity index (χ3v) is 5.88. The number of rotatable bonds is 5. The zero-order valence-corrected chi connectivity index (χ0v) is 16.4. The van der Waals surface area contributed by atoms with Crippen molar-refractivity contribution in [2.75, 3.05) is 12.4 Å². The molecule has 29 heavy (non-hydrogen) atoms. The predicted molar refractivity (Wildman–Crippen MR) is 105 cm³/mol. The van der Waals surface area contributed by atoms with E-state index in [-0.39, 0.29) is 16.1 Å². The third-order valence-electron chi connectivity index (χ3n) is 4.71. The molecular formula is C18H17N3O7S. The number of hydrogen-bond donors (Lipinski definition) is 1. The molecule has 0 saturated heterocycles. The molecule has 0 radical (unpaired) electrons. The van der Waals surface area contributed by atoms with Gasteiger partial charge in [0.05, 0.1) is 34.1 Å². The van der Waals surface area contributed by atoms with Crippen molar-refractivity contribution in [3.8, 4) is 0 Å². The molecule has 1 aliphatic carbocycles. The maximum atomic E-state index is 12.7. The number of nitrogens with one attached hydrogen (secondary N) is 1. The topological polar surface area (TPSA) is 142 Å². The molecule has 1 unspecified atom stereocenters. The normalized spacial score (nSPS) is 15.3. The van der Waals surface area contributed by atoms with Gasteiger partial charge in [0.2, 0.25) is 0 Å². The SMILES string of the molecule is COC(=O)c1c(NC(=O)c2cc([N+](=O)[O-])cc([N+](=O)[O-])c2)sc2c1CCC(C)C2. The van der Waals surface area contributed by atoms with Crippen LogP contribution in [0.1, 0.15) is 44.5 Å². The Kier molecular flexibility index (Phi) is 5.59. The van der Waals surface area contributed by atoms with Gasteiger partial charge < -0.3 is 10.1 Å². The summed E-state index contributed by atoms with van der Waals surface area (Å²) in [6, 6.07) is 2.69. The Balaban J connectivity index is 2.00. The zero-order valence-electron chi connectivity index (χ0n) is 15.6. The molecule has 2 aromatic rings. The highest BCUT2D eigenvalue weighted by Crippen LogP contribution is 2.40. The van der Waals surface area contributed by atoms with Crippen LogP contribution >= 0.6 is 11.3 Å². The summed E-state index contributed by atoms with van der Waals surface area (Å²) in [7, 11) is 1.24. The second-order valence-corrected chi connectivity index (χ2v) is 7.86.